The molecule has 1 saturated heterocycles. The zero-order chi connectivity index (χ0) is 12.6. The van der Waals surface area contributed by atoms with E-state index in [0.717, 1.165) is 16.7 Å². The van der Waals surface area contributed by atoms with Crippen LogP contribution in [0.1, 0.15) is 0 Å². The van der Waals surface area contributed by atoms with Crippen LogP contribution in [0.15, 0.2) is 9.98 Å². The second-order valence-electron chi connectivity index (χ2n) is 3.71. The highest BCUT2D eigenvalue weighted by atomic mass is 32.2. The average molecular weight is 264 g/mol. The van der Waals surface area contributed by atoms with Gasteiger partial charge in [0.25, 0.3) is 0 Å². The first kappa shape index (κ1) is 12.6. The van der Waals surface area contributed by atoms with Crippen molar-refractivity contribution in [3.05, 3.63) is 0 Å². The van der Waals surface area contributed by atoms with E-state index in [1.807, 2.05) is 0 Å². The van der Waals surface area contributed by atoms with Crippen LogP contribution >= 0.6 is 11.8 Å². The number of nitrogens with two attached hydrogens (primary N) is 1. The predicted molar refractivity (Wildman–Crippen MR) is 61.1 cm³/mol. The molecule has 2 rings (SSSR count). The van der Waals surface area contributed by atoms with Crippen molar-refractivity contribution in [3.63, 3.8) is 0 Å². The Labute approximate surface area is 101 Å². The number of halogens is 1. The number of hydrogen-bond acceptors (Lipinski definition) is 8. The molecule has 0 saturated carbocycles. The lowest BCUT2D eigenvalue weighted by molar-refractivity contribution is 0.00895. The van der Waals surface area contributed by atoms with Crippen molar-refractivity contribution >= 4 is 24.1 Å². The summed E-state index contributed by atoms with van der Waals surface area (Å²) in [6.07, 6.45) is -3.02. The Morgan fingerprint density at radius 1 is 1.53 bits per heavy atom. The molecule has 1 fully saturated rings. The summed E-state index contributed by atoms with van der Waals surface area (Å²) in [6.45, 7) is -0.338. The van der Waals surface area contributed by atoms with Gasteiger partial charge in [-0.25, -0.2) is 9.38 Å². The van der Waals surface area contributed by atoms with Gasteiger partial charge in [0.2, 0.25) is 12.3 Å². The summed E-state index contributed by atoms with van der Waals surface area (Å²) >= 11 is 1.03. The van der Waals surface area contributed by atoms with Gasteiger partial charge in [-0.05, 0) is 0 Å². The largest absolute Gasteiger partial charge is 0.395 e. The molecule has 0 spiro atoms. The molecule has 2 aliphatic heterocycles. The molecule has 0 aromatic rings. The van der Waals surface area contributed by atoms with E-state index in [2.05, 4.69) is 9.98 Å². The van der Waals surface area contributed by atoms with Crippen LogP contribution in [-0.2, 0) is 0 Å². The lowest BCUT2D eigenvalue weighted by atomic mass is 10.1. The maximum Gasteiger partial charge on any atom is 0.230 e. The highest BCUT2D eigenvalue weighted by molar-refractivity contribution is 8.00. The van der Waals surface area contributed by atoms with Crippen molar-refractivity contribution in [3.8, 4) is 0 Å². The van der Waals surface area contributed by atoms with Crippen molar-refractivity contribution in [2.75, 3.05) is 6.61 Å². The Hall–Kier alpha value is -0.900. The molecule has 96 valence electrons. The van der Waals surface area contributed by atoms with Gasteiger partial charge in [0, 0.05) is 0 Å². The molecule has 0 aromatic heterocycles. The number of alkyl halides is 1. The Kier molecular flexibility index (Phi) is 3.52. The number of thioether (sulfide) groups is 1. The van der Waals surface area contributed by atoms with Crippen LogP contribution in [0, 0.1) is 0 Å². The molecule has 0 aliphatic carbocycles. The maximum atomic E-state index is 13.8. The van der Waals surface area contributed by atoms with Crippen LogP contribution in [0.5, 0.6) is 0 Å². The van der Waals surface area contributed by atoms with Crippen molar-refractivity contribution in [2.45, 2.75) is 29.3 Å². The van der Waals surface area contributed by atoms with Crippen LogP contribution in [0.3, 0.4) is 0 Å². The molecule has 5 atom stereocenters. The van der Waals surface area contributed by atoms with Crippen LogP contribution in [-0.4, -0.2) is 68.4 Å². The fourth-order valence-electron chi connectivity index (χ4n) is 1.69. The Morgan fingerprint density at radius 3 is 2.76 bits per heavy atom. The first-order valence-electron chi connectivity index (χ1n) is 4.96. The molecular formula is C8H13FN4O3S. The van der Waals surface area contributed by atoms with Gasteiger partial charge in [0.15, 0.2) is 6.17 Å². The zero-order valence-corrected chi connectivity index (χ0v) is 9.53. The molecule has 2 heterocycles. The average Bonchev–Trinajstić information content (AvgIpc) is 2.57. The van der Waals surface area contributed by atoms with Crippen LogP contribution in [0.4, 0.5) is 4.39 Å². The normalized spacial score (nSPS) is 41.8. The minimum atomic E-state index is -1.60. The minimum Gasteiger partial charge on any atom is -0.395 e. The Balaban J connectivity index is 2.12. The van der Waals surface area contributed by atoms with E-state index in [9.17, 15) is 14.6 Å². The fraction of sp³-hybridized carbons (Fsp3) is 0.750. The van der Waals surface area contributed by atoms with Crippen LogP contribution in [0.25, 0.3) is 0 Å². The van der Waals surface area contributed by atoms with E-state index in [1.165, 1.54) is 6.34 Å². The van der Waals surface area contributed by atoms with Gasteiger partial charge in [0.1, 0.15) is 11.5 Å². The summed E-state index contributed by atoms with van der Waals surface area (Å²) in [5.74, 6) is -0.0913. The third-order valence-corrected chi connectivity index (χ3v) is 4.17. The number of hydrogen-bond donors (Lipinski definition) is 4. The van der Waals surface area contributed by atoms with Gasteiger partial charge < -0.3 is 26.0 Å². The van der Waals surface area contributed by atoms with Crippen LogP contribution in [0.2, 0.25) is 0 Å². The third-order valence-electron chi connectivity index (χ3n) is 2.61. The van der Waals surface area contributed by atoms with Crippen molar-refractivity contribution < 1.29 is 19.7 Å². The molecule has 5 N–H and O–H groups in total. The molecule has 2 aliphatic rings. The molecular weight excluding hydrogens is 251 g/mol. The summed E-state index contributed by atoms with van der Waals surface area (Å²) in [5, 5.41) is 26.6. The van der Waals surface area contributed by atoms with Gasteiger partial charge in [-0.3, -0.25) is 0 Å². The lowest BCUT2D eigenvalue weighted by Gasteiger charge is -2.31. The van der Waals surface area contributed by atoms with Gasteiger partial charge in [-0.15, -0.1) is 11.8 Å². The molecule has 1 unspecified atom stereocenters. The molecule has 7 nitrogen and oxygen atoms in total. The first-order valence-corrected chi connectivity index (χ1v) is 5.90. The van der Waals surface area contributed by atoms with E-state index < -0.39 is 29.3 Å². The number of guanidine groups is 1. The minimum absolute atomic E-state index is 0.0913. The van der Waals surface area contributed by atoms with Gasteiger partial charge >= 0.3 is 0 Å². The third kappa shape index (κ3) is 2.23. The highest BCUT2D eigenvalue weighted by Crippen LogP contribution is 2.38. The maximum absolute atomic E-state index is 13.8. The van der Waals surface area contributed by atoms with E-state index >= 15 is 0 Å². The van der Waals surface area contributed by atoms with Crippen molar-refractivity contribution in [1.29, 1.82) is 0 Å². The number of rotatable bonds is 2. The summed E-state index contributed by atoms with van der Waals surface area (Å²) in [5.41, 5.74) is 5.28. The second-order valence-corrected chi connectivity index (χ2v) is 5.07. The molecule has 0 aromatic carbocycles. The predicted octanol–water partition coefficient (Wildman–Crippen LogP) is -1.95. The van der Waals surface area contributed by atoms with Gasteiger partial charge in [0.05, 0.1) is 18.2 Å². The zero-order valence-electron chi connectivity index (χ0n) is 8.72. The van der Waals surface area contributed by atoms with E-state index in [-0.39, 0.29) is 12.6 Å². The topological polar surface area (TPSA) is 115 Å². The molecule has 0 amide bonds. The molecule has 0 bridgehead atoms. The SMILES string of the molecule is NC1=NC(O)N([C@@H]2S[C@H](CO)[C@@H](O)[C@@H]2F)C=N1. The standard InChI is InChI=1S/C8H13FN4O3S/c9-4-5(15)3(1-14)17-6(4)13-2-11-7(10)12-8(13)16/h2-6,8,14-16H,1H2,(H2,10,12)/t3-,4+,5-,6-,8?/m1/s1. The molecule has 9 heteroatoms. The monoisotopic (exact) mass is 264 g/mol. The quantitative estimate of drug-likeness (QED) is 0.461. The van der Waals surface area contributed by atoms with E-state index in [1.54, 1.807) is 0 Å². The summed E-state index contributed by atoms with van der Waals surface area (Å²) < 4.78 is 13.8. The van der Waals surface area contributed by atoms with Crippen molar-refractivity contribution in [2.24, 2.45) is 15.7 Å². The summed E-state index contributed by atoms with van der Waals surface area (Å²) in [7, 11) is 0. The van der Waals surface area contributed by atoms with Crippen molar-refractivity contribution in [1.82, 2.24) is 4.90 Å². The smallest absolute Gasteiger partial charge is 0.230 e. The summed E-state index contributed by atoms with van der Waals surface area (Å²) in [6, 6.07) is 0. The van der Waals surface area contributed by atoms with Gasteiger partial charge in [-0.2, -0.15) is 4.99 Å². The Bertz CT molecular complexity index is 356. The lowest BCUT2D eigenvalue weighted by Crippen LogP contribution is -2.47. The van der Waals surface area contributed by atoms with E-state index in [4.69, 9.17) is 10.8 Å². The second kappa shape index (κ2) is 4.77. The summed E-state index contributed by atoms with van der Waals surface area (Å²) in [4.78, 5) is 8.39. The van der Waals surface area contributed by atoms with Gasteiger partial charge in [-0.1, -0.05) is 0 Å². The van der Waals surface area contributed by atoms with Crippen LogP contribution < -0.4 is 5.73 Å². The first-order chi connectivity index (χ1) is 8.04. The molecule has 17 heavy (non-hydrogen) atoms. The number of aliphatic hydroxyl groups excluding tert-OH is 3. The van der Waals surface area contributed by atoms with E-state index in [0.29, 0.717) is 0 Å². The Morgan fingerprint density at radius 2 is 2.24 bits per heavy atom. The number of aliphatic hydroxyl groups is 3. The number of aliphatic imine (C=N–C) groups is 2. The highest BCUT2D eigenvalue weighted by Gasteiger charge is 2.47. The fourth-order valence-corrected chi connectivity index (χ4v) is 3.07. The number of nitrogens with zero attached hydrogens (tertiary/aromatic N) is 3. The molecule has 0 radical (unpaired) electrons.